The molecule has 4 heteroatoms. The lowest BCUT2D eigenvalue weighted by atomic mass is 10.2. The van der Waals surface area contributed by atoms with Gasteiger partial charge in [0.05, 0.1) is 0 Å². The molecule has 0 spiro atoms. The zero-order chi connectivity index (χ0) is 12.8. The van der Waals surface area contributed by atoms with E-state index in [2.05, 4.69) is 27.5 Å². The summed E-state index contributed by atoms with van der Waals surface area (Å²) in [6.45, 7) is 2.64. The van der Waals surface area contributed by atoms with Crippen molar-refractivity contribution >= 4 is 28.6 Å². The van der Waals surface area contributed by atoms with Gasteiger partial charge in [-0.3, -0.25) is 4.79 Å². The van der Waals surface area contributed by atoms with Crippen LogP contribution in [0.25, 0.3) is 0 Å². The summed E-state index contributed by atoms with van der Waals surface area (Å²) in [6, 6.07) is 9.86. The quantitative estimate of drug-likeness (QED) is 0.860. The zero-order valence-corrected chi connectivity index (χ0v) is 11.1. The molecule has 1 aromatic heterocycles. The number of amides is 1. The molecule has 2 N–H and O–H groups in total. The number of hydrogen-bond donors (Lipinski definition) is 2. The highest BCUT2D eigenvalue weighted by Crippen LogP contribution is 2.16. The van der Waals surface area contributed by atoms with Crippen molar-refractivity contribution in [1.29, 1.82) is 0 Å². The highest BCUT2D eigenvalue weighted by molar-refractivity contribution is 7.07. The molecule has 2 rings (SSSR count). The normalized spacial score (nSPS) is 10.1. The average molecular weight is 260 g/mol. The Labute approximate surface area is 111 Å². The SMILES string of the molecule is CCC(=O)Nc1cccc(NCc2ccsc2)c1. The second-order valence-corrected chi connectivity index (χ2v) is 4.75. The van der Waals surface area contributed by atoms with E-state index in [1.807, 2.05) is 31.2 Å². The van der Waals surface area contributed by atoms with E-state index in [1.165, 1.54) is 5.56 Å². The second-order valence-electron chi connectivity index (χ2n) is 3.97. The van der Waals surface area contributed by atoms with Crippen LogP contribution in [-0.2, 0) is 11.3 Å². The lowest BCUT2D eigenvalue weighted by Gasteiger charge is -2.08. The van der Waals surface area contributed by atoms with Crippen LogP contribution in [0.5, 0.6) is 0 Å². The lowest BCUT2D eigenvalue weighted by Crippen LogP contribution is -2.09. The van der Waals surface area contributed by atoms with E-state index in [1.54, 1.807) is 11.3 Å². The molecule has 2 aromatic rings. The molecule has 1 heterocycles. The van der Waals surface area contributed by atoms with Crippen molar-refractivity contribution in [2.24, 2.45) is 0 Å². The number of hydrogen-bond acceptors (Lipinski definition) is 3. The molecule has 3 nitrogen and oxygen atoms in total. The van der Waals surface area contributed by atoms with Crippen LogP contribution in [0.1, 0.15) is 18.9 Å². The highest BCUT2D eigenvalue weighted by Gasteiger charge is 2.00. The standard InChI is InChI=1S/C14H16N2OS/c1-2-14(17)16-13-5-3-4-12(8-13)15-9-11-6-7-18-10-11/h3-8,10,15H,2,9H2,1H3,(H,16,17). The van der Waals surface area contributed by atoms with E-state index in [4.69, 9.17) is 0 Å². The first kappa shape index (κ1) is 12.6. The summed E-state index contributed by atoms with van der Waals surface area (Å²) in [4.78, 5) is 11.3. The summed E-state index contributed by atoms with van der Waals surface area (Å²) < 4.78 is 0. The molecule has 0 aliphatic rings. The van der Waals surface area contributed by atoms with Gasteiger partial charge >= 0.3 is 0 Å². The second kappa shape index (κ2) is 6.21. The zero-order valence-electron chi connectivity index (χ0n) is 10.3. The molecular formula is C14H16N2OS. The largest absolute Gasteiger partial charge is 0.381 e. The van der Waals surface area contributed by atoms with Gasteiger partial charge in [0.25, 0.3) is 0 Å². The molecule has 0 unspecified atom stereocenters. The smallest absolute Gasteiger partial charge is 0.224 e. The number of thiophene rings is 1. The van der Waals surface area contributed by atoms with Gasteiger partial charge in [0.2, 0.25) is 5.91 Å². The Bertz CT molecular complexity index is 508. The maximum atomic E-state index is 11.3. The fourth-order valence-electron chi connectivity index (χ4n) is 1.55. The summed E-state index contributed by atoms with van der Waals surface area (Å²) >= 11 is 1.69. The van der Waals surface area contributed by atoms with Gasteiger partial charge in [-0.2, -0.15) is 11.3 Å². The van der Waals surface area contributed by atoms with Gasteiger partial charge < -0.3 is 10.6 Å². The number of rotatable bonds is 5. The Kier molecular flexibility index (Phi) is 4.36. The van der Waals surface area contributed by atoms with Gasteiger partial charge in [-0.25, -0.2) is 0 Å². The lowest BCUT2D eigenvalue weighted by molar-refractivity contribution is -0.115. The maximum Gasteiger partial charge on any atom is 0.224 e. The molecule has 0 radical (unpaired) electrons. The molecule has 0 saturated carbocycles. The Morgan fingerprint density at radius 2 is 2.11 bits per heavy atom. The molecule has 94 valence electrons. The summed E-state index contributed by atoms with van der Waals surface area (Å²) in [7, 11) is 0. The van der Waals surface area contributed by atoms with Crippen LogP contribution in [0, 0.1) is 0 Å². The van der Waals surface area contributed by atoms with Crippen LogP contribution in [0.15, 0.2) is 41.1 Å². The monoisotopic (exact) mass is 260 g/mol. The van der Waals surface area contributed by atoms with Crippen molar-refractivity contribution in [2.75, 3.05) is 10.6 Å². The predicted octanol–water partition coefficient (Wildman–Crippen LogP) is 3.71. The van der Waals surface area contributed by atoms with Gasteiger partial charge in [-0.15, -0.1) is 0 Å². The summed E-state index contributed by atoms with van der Waals surface area (Å²) in [6.07, 6.45) is 0.493. The Morgan fingerprint density at radius 1 is 1.28 bits per heavy atom. The third kappa shape index (κ3) is 3.60. The first-order valence-electron chi connectivity index (χ1n) is 5.93. The van der Waals surface area contributed by atoms with E-state index in [0.29, 0.717) is 6.42 Å². The molecule has 1 aromatic carbocycles. The Balaban J connectivity index is 1.96. The molecule has 0 aliphatic carbocycles. The minimum atomic E-state index is 0.0324. The van der Waals surface area contributed by atoms with Gasteiger partial charge in [0, 0.05) is 24.3 Å². The van der Waals surface area contributed by atoms with Crippen molar-refractivity contribution in [3.05, 3.63) is 46.7 Å². The molecule has 0 saturated heterocycles. The highest BCUT2D eigenvalue weighted by atomic mass is 32.1. The minimum Gasteiger partial charge on any atom is -0.381 e. The number of carbonyl (C=O) groups is 1. The maximum absolute atomic E-state index is 11.3. The Morgan fingerprint density at radius 3 is 2.83 bits per heavy atom. The van der Waals surface area contributed by atoms with Gasteiger partial charge in [-0.05, 0) is 40.6 Å². The molecule has 0 atom stereocenters. The fourth-order valence-corrected chi connectivity index (χ4v) is 2.22. The number of carbonyl (C=O) groups excluding carboxylic acids is 1. The van der Waals surface area contributed by atoms with Crippen LogP contribution in [0.4, 0.5) is 11.4 Å². The van der Waals surface area contributed by atoms with Crippen molar-refractivity contribution in [3.8, 4) is 0 Å². The molecule has 0 fully saturated rings. The fraction of sp³-hybridized carbons (Fsp3) is 0.214. The van der Waals surface area contributed by atoms with Crippen molar-refractivity contribution in [2.45, 2.75) is 19.9 Å². The van der Waals surface area contributed by atoms with E-state index in [-0.39, 0.29) is 5.91 Å². The van der Waals surface area contributed by atoms with Crippen molar-refractivity contribution in [1.82, 2.24) is 0 Å². The van der Waals surface area contributed by atoms with Crippen molar-refractivity contribution in [3.63, 3.8) is 0 Å². The molecule has 18 heavy (non-hydrogen) atoms. The van der Waals surface area contributed by atoms with Gasteiger partial charge in [0.15, 0.2) is 0 Å². The van der Waals surface area contributed by atoms with E-state index < -0.39 is 0 Å². The van der Waals surface area contributed by atoms with E-state index in [0.717, 1.165) is 17.9 Å². The van der Waals surface area contributed by atoms with Gasteiger partial charge in [0.1, 0.15) is 0 Å². The van der Waals surface area contributed by atoms with E-state index >= 15 is 0 Å². The molecule has 0 bridgehead atoms. The van der Waals surface area contributed by atoms with Crippen LogP contribution in [-0.4, -0.2) is 5.91 Å². The van der Waals surface area contributed by atoms with Crippen LogP contribution in [0.3, 0.4) is 0 Å². The predicted molar refractivity (Wildman–Crippen MR) is 77.0 cm³/mol. The Hall–Kier alpha value is -1.81. The first-order chi connectivity index (χ1) is 8.78. The summed E-state index contributed by atoms with van der Waals surface area (Å²) in [5, 5.41) is 10.4. The number of anilines is 2. The summed E-state index contributed by atoms with van der Waals surface area (Å²) in [5.74, 6) is 0.0324. The van der Waals surface area contributed by atoms with Crippen LogP contribution < -0.4 is 10.6 Å². The molecule has 0 aliphatic heterocycles. The van der Waals surface area contributed by atoms with Crippen LogP contribution in [0.2, 0.25) is 0 Å². The minimum absolute atomic E-state index is 0.0324. The molecular weight excluding hydrogens is 244 g/mol. The third-order valence-corrected chi connectivity index (χ3v) is 3.28. The van der Waals surface area contributed by atoms with Gasteiger partial charge in [-0.1, -0.05) is 13.0 Å². The van der Waals surface area contributed by atoms with Crippen molar-refractivity contribution < 1.29 is 4.79 Å². The molecule has 1 amide bonds. The average Bonchev–Trinajstić information content (AvgIpc) is 2.90. The topological polar surface area (TPSA) is 41.1 Å². The number of benzene rings is 1. The summed E-state index contributed by atoms with van der Waals surface area (Å²) in [5.41, 5.74) is 3.11. The third-order valence-electron chi connectivity index (χ3n) is 2.54. The number of nitrogens with one attached hydrogen (secondary N) is 2. The van der Waals surface area contributed by atoms with Crippen LogP contribution >= 0.6 is 11.3 Å². The first-order valence-corrected chi connectivity index (χ1v) is 6.87. The van der Waals surface area contributed by atoms with E-state index in [9.17, 15) is 4.79 Å².